The number of sulfone groups is 1. The highest BCUT2D eigenvalue weighted by atomic mass is 32.2. The summed E-state index contributed by atoms with van der Waals surface area (Å²) < 4.78 is 23.9. The van der Waals surface area contributed by atoms with Gasteiger partial charge in [-0.25, -0.2) is 8.42 Å². The molecule has 16 heavy (non-hydrogen) atoms. The molecule has 0 bridgehead atoms. The molecule has 0 amide bonds. The lowest BCUT2D eigenvalue weighted by atomic mass is 10.2. The molecule has 1 aromatic rings. The monoisotopic (exact) mass is 238 g/mol. The zero-order valence-corrected chi connectivity index (χ0v) is 9.41. The van der Waals surface area contributed by atoms with Crippen molar-refractivity contribution >= 4 is 21.7 Å². The summed E-state index contributed by atoms with van der Waals surface area (Å²) >= 11 is 0. The van der Waals surface area contributed by atoms with Crippen molar-refractivity contribution in [2.45, 2.75) is 18.2 Å². The third-order valence-electron chi connectivity index (χ3n) is 2.37. The number of ketones is 1. The van der Waals surface area contributed by atoms with Crippen molar-refractivity contribution in [1.29, 1.82) is 0 Å². The molecule has 0 aliphatic carbocycles. The molecule has 84 valence electrons. The molecule has 1 aromatic carbocycles. The number of benzene rings is 1. The maximum absolute atomic E-state index is 11.9. The van der Waals surface area contributed by atoms with E-state index in [0.717, 1.165) is 0 Å². The first-order valence-electron chi connectivity index (χ1n) is 4.69. The Morgan fingerprint density at radius 2 is 2.06 bits per heavy atom. The van der Waals surface area contributed by atoms with E-state index in [-0.39, 0.29) is 27.8 Å². The highest BCUT2D eigenvalue weighted by molar-refractivity contribution is 7.95. The predicted octanol–water partition coefficient (Wildman–Crippen LogP) is 1.50. The van der Waals surface area contributed by atoms with Crippen LogP contribution in [-0.4, -0.2) is 19.3 Å². The van der Waals surface area contributed by atoms with E-state index in [2.05, 4.69) is 0 Å². The lowest BCUT2D eigenvalue weighted by Crippen LogP contribution is -2.04. The number of rotatable bonds is 2. The van der Waals surface area contributed by atoms with E-state index in [4.69, 9.17) is 0 Å². The van der Waals surface area contributed by atoms with Gasteiger partial charge < -0.3 is 5.11 Å². The molecule has 0 saturated carbocycles. The van der Waals surface area contributed by atoms with E-state index in [0.29, 0.717) is 5.56 Å². The van der Waals surface area contributed by atoms with Crippen molar-refractivity contribution in [3.05, 3.63) is 28.7 Å². The second kappa shape index (κ2) is 3.45. The van der Waals surface area contributed by atoms with Crippen molar-refractivity contribution in [2.75, 3.05) is 0 Å². The molecule has 1 heterocycles. The molecule has 0 radical (unpaired) electrons. The summed E-state index contributed by atoms with van der Waals surface area (Å²) in [6.07, 6.45) is 1.38. The molecule has 1 N–H and O–H groups in total. The Morgan fingerprint density at radius 3 is 2.69 bits per heavy atom. The van der Waals surface area contributed by atoms with Gasteiger partial charge >= 0.3 is 0 Å². The minimum absolute atomic E-state index is 0.0729. The van der Waals surface area contributed by atoms with E-state index in [1.54, 1.807) is 0 Å². The van der Waals surface area contributed by atoms with E-state index < -0.39 is 9.84 Å². The van der Waals surface area contributed by atoms with Gasteiger partial charge in [-0.15, -0.1) is 0 Å². The number of phenols is 1. The van der Waals surface area contributed by atoms with Crippen molar-refractivity contribution in [3.8, 4) is 5.75 Å². The number of phenolic OH excluding ortho intramolecular Hbond substituents is 1. The average molecular weight is 238 g/mol. The molecule has 4 nitrogen and oxygen atoms in total. The summed E-state index contributed by atoms with van der Waals surface area (Å²) in [7, 11) is -3.58. The Morgan fingerprint density at radius 1 is 1.38 bits per heavy atom. The zero-order chi connectivity index (χ0) is 11.9. The molecule has 0 saturated heterocycles. The van der Waals surface area contributed by atoms with Crippen LogP contribution in [-0.2, 0) is 14.6 Å². The van der Waals surface area contributed by atoms with Gasteiger partial charge in [0.2, 0.25) is 9.84 Å². The minimum Gasteiger partial charge on any atom is -0.508 e. The predicted molar refractivity (Wildman–Crippen MR) is 58.6 cm³/mol. The van der Waals surface area contributed by atoms with Crippen molar-refractivity contribution in [3.63, 3.8) is 0 Å². The van der Waals surface area contributed by atoms with Crippen LogP contribution in [0.2, 0.25) is 0 Å². The first-order chi connectivity index (χ1) is 7.41. The molecule has 0 atom stereocenters. The lowest BCUT2D eigenvalue weighted by molar-refractivity contribution is -0.116. The maximum Gasteiger partial charge on any atom is 0.203 e. The van der Waals surface area contributed by atoms with E-state index in [1.165, 1.54) is 31.2 Å². The summed E-state index contributed by atoms with van der Waals surface area (Å²) in [5.41, 5.74) is 0.522. The van der Waals surface area contributed by atoms with Gasteiger partial charge in [0.15, 0.2) is 0 Å². The molecular formula is C11H10O4S. The number of Topliss-reactive ketones (excluding diaryl/α,β-unsaturated/α-hetero) is 1. The van der Waals surface area contributed by atoms with Crippen LogP contribution >= 0.6 is 0 Å². The Kier molecular flexibility index (Phi) is 2.35. The largest absolute Gasteiger partial charge is 0.508 e. The molecule has 0 unspecified atom stereocenters. The molecule has 2 rings (SSSR count). The third kappa shape index (κ3) is 1.63. The summed E-state index contributed by atoms with van der Waals surface area (Å²) in [6.45, 7) is 1.34. The van der Waals surface area contributed by atoms with Gasteiger partial charge in [-0.05, 0) is 36.8 Å². The highest BCUT2D eigenvalue weighted by Gasteiger charge is 2.30. The van der Waals surface area contributed by atoms with Crippen molar-refractivity contribution in [2.24, 2.45) is 0 Å². The van der Waals surface area contributed by atoms with Crippen LogP contribution in [0.4, 0.5) is 0 Å². The molecule has 0 spiro atoms. The Bertz CT molecular complexity index is 596. The summed E-state index contributed by atoms with van der Waals surface area (Å²) in [6, 6.07) is 4.14. The number of carbonyl (C=O) groups excluding carboxylic acids is 1. The fourth-order valence-corrected chi connectivity index (χ4v) is 3.33. The van der Waals surface area contributed by atoms with E-state index in [1.807, 2.05) is 0 Å². The molecule has 5 heteroatoms. The average Bonchev–Trinajstić information content (AvgIpc) is 2.40. The highest BCUT2D eigenvalue weighted by Crippen LogP contribution is 2.36. The third-order valence-corrected chi connectivity index (χ3v) is 4.26. The second-order valence-corrected chi connectivity index (χ2v) is 5.69. The number of hydrogen-bond donors (Lipinski definition) is 1. The van der Waals surface area contributed by atoms with E-state index >= 15 is 0 Å². The van der Waals surface area contributed by atoms with E-state index in [9.17, 15) is 18.3 Å². The van der Waals surface area contributed by atoms with Gasteiger partial charge in [-0.1, -0.05) is 0 Å². The van der Waals surface area contributed by atoms with Crippen LogP contribution in [0.3, 0.4) is 0 Å². The summed E-state index contributed by atoms with van der Waals surface area (Å²) in [5, 5.41) is 9.24. The van der Waals surface area contributed by atoms with Gasteiger partial charge in [-0.2, -0.15) is 0 Å². The smallest absolute Gasteiger partial charge is 0.203 e. The Labute approximate surface area is 93.1 Å². The molecule has 0 fully saturated rings. The van der Waals surface area contributed by atoms with Crippen LogP contribution in [0, 0.1) is 0 Å². The SMILES string of the molecule is CC(=O)CC1=Cc2ccc(O)cc2S1(=O)=O. The first-order valence-corrected chi connectivity index (χ1v) is 6.17. The summed E-state index contributed by atoms with van der Waals surface area (Å²) in [5.74, 6) is -0.299. The minimum atomic E-state index is -3.58. The van der Waals surface area contributed by atoms with Crippen LogP contribution in [0.25, 0.3) is 6.08 Å². The van der Waals surface area contributed by atoms with Crippen molar-refractivity contribution < 1.29 is 18.3 Å². The van der Waals surface area contributed by atoms with Crippen LogP contribution in [0.5, 0.6) is 5.75 Å². The number of carbonyl (C=O) groups is 1. The molecule has 1 aliphatic rings. The van der Waals surface area contributed by atoms with Crippen LogP contribution in [0.15, 0.2) is 28.0 Å². The van der Waals surface area contributed by atoms with Gasteiger partial charge in [0.05, 0.1) is 9.80 Å². The normalized spacial score (nSPS) is 16.7. The summed E-state index contributed by atoms with van der Waals surface area (Å²) in [4.78, 5) is 11.1. The number of aromatic hydroxyl groups is 1. The van der Waals surface area contributed by atoms with Gasteiger partial charge in [-0.3, -0.25) is 4.79 Å². The van der Waals surface area contributed by atoms with Crippen LogP contribution < -0.4 is 0 Å². The topological polar surface area (TPSA) is 71.4 Å². The standard InChI is InChI=1S/C11H10O4S/c1-7(12)4-10-5-8-2-3-9(13)6-11(8)16(10,14)15/h2-3,5-6,13H,4H2,1H3. The molecule has 0 aromatic heterocycles. The zero-order valence-electron chi connectivity index (χ0n) is 8.60. The van der Waals surface area contributed by atoms with Gasteiger partial charge in [0, 0.05) is 6.42 Å². The number of allylic oxidation sites excluding steroid dienone is 1. The Balaban J connectivity index is 2.56. The fraction of sp³-hybridized carbons (Fsp3) is 0.182. The fourth-order valence-electron chi connectivity index (χ4n) is 1.66. The first kappa shape index (κ1) is 10.9. The quantitative estimate of drug-likeness (QED) is 0.847. The second-order valence-electron chi connectivity index (χ2n) is 3.72. The van der Waals surface area contributed by atoms with Crippen molar-refractivity contribution in [1.82, 2.24) is 0 Å². The number of hydrogen-bond acceptors (Lipinski definition) is 4. The van der Waals surface area contributed by atoms with Gasteiger partial charge in [0.25, 0.3) is 0 Å². The molecular weight excluding hydrogens is 228 g/mol. The van der Waals surface area contributed by atoms with Gasteiger partial charge in [0.1, 0.15) is 11.5 Å². The Hall–Kier alpha value is -1.62. The maximum atomic E-state index is 11.9. The number of fused-ring (bicyclic) bond motifs is 1. The van der Waals surface area contributed by atoms with Crippen LogP contribution in [0.1, 0.15) is 18.9 Å². The molecule has 1 aliphatic heterocycles. The lowest BCUT2D eigenvalue weighted by Gasteiger charge is -2.01.